The molecule has 1 aromatic heterocycles. The predicted molar refractivity (Wildman–Crippen MR) is 120 cm³/mol. The van der Waals surface area contributed by atoms with E-state index in [4.69, 9.17) is 0 Å². The van der Waals surface area contributed by atoms with E-state index in [2.05, 4.69) is 50.1 Å². The van der Waals surface area contributed by atoms with Crippen molar-refractivity contribution in [2.24, 2.45) is 0 Å². The van der Waals surface area contributed by atoms with Crippen molar-refractivity contribution < 1.29 is 4.79 Å². The number of aryl methyl sites for hydroxylation is 2. The van der Waals surface area contributed by atoms with Crippen LogP contribution in [0.25, 0.3) is 0 Å². The van der Waals surface area contributed by atoms with Crippen molar-refractivity contribution in [3.05, 3.63) is 34.9 Å². The van der Waals surface area contributed by atoms with Crippen LogP contribution < -0.4 is 10.2 Å². The average Bonchev–Trinajstić information content (AvgIpc) is 3.28. The molecule has 2 aromatic rings. The molecule has 1 atom stereocenters. The molecule has 3 aliphatic rings. The van der Waals surface area contributed by atoms with Gasteiger partial charge in [-0.15, -0.1) is 10.2 Å². The van der Waals surface area contributed by atoms with Gasteiger partial charge in [0.1, 0.15) is 0 Å². The van der Waals surface area contributed by atoms with Crippen LogP contribution in [0, 0.1) is 0 Å². The Morgan fingerprint density at radius 1 is 1.13 bits per heavy atom. The van der Waals surface area contributed by atoms with Crippen LogP contribution in [0.15, 0.2) is 23.4 Å². The van der Waals surface area contributed by atoms with Crippen LogP contribution in [-0.2, 0) is 17.6 Å². The van der Waals surface area contributed by atoms with Gasteiger partial charge in [0.2, 0.25) is 11.9 Å². The molecule has 0 spiro atoms. The number of hydrogen-bond donors (Lipinski definition) is 1. The maximum absolute atomic E-state index is 12.6. The third kappa shape index (κ3) is 4.22. The van der Waals surface area contributed by atoms with E-state index in [1.807, 2.05) is 0 Å². The minimum atomic E-state index is 0.0202. The molecular weight excluding hydrogens is 394 g/mol. The zero-order chi connectivity index (χ0) is 20.5. The Bertz CT molecular complexity index is 916. The van der Waals surface area contributed by atoms with Crippen LogP contribution in [0.1, 0.15) is 74.2 Å². The number of thioether (sulfide) groups is 1. The molecule has 1 unspecified atom stereocenters. The summed E-state index contributed by atoms with van der Waals surface area (Å²) in [7, 11) is 0. The van der Waals surface area contributed by atoms with Gasteiger partial charge in [-0.2, -0.15) is 0 Å². The number of nitrogens with zero attached hydrogens (tertiary/aromatic N) is 4. The highest BCUT2D eigenvalue weighted by Crippen LogP contribution is 2.41. The van der Waals surface area contributed by atoms with E-state index in [1.54, 1.807) is 0 Å². The van der Waals surface area contributed by atoms with Gasteiger partial charge in [-0.25, -0.2) is 0 Å². The fraction of sp³-hybridized carbons (Fsp3) is 0.609. The number of rotatable bonds is 7. The molecule has 1 N–H and O–H groups in total. The van der Waals surface area contributed by atoms with Crippen LogP contribution in [0.5, 0.6) is 0 Å². The first kappa shape index (κ1) is 19.9. The molecular formula is C23H31N5OS. The van der Waals surface area contributed by atoms with Crippen LogP contribution in [0.3, 0.4) is 0 Å². The van der Waals surface area contributed by atoms with E-state index in [9.17, 15) is 4.79 Å². The van der Waals surface area contributed by atoms with Gasteiger partial charge in [0.15, 0.2) is 5.16 Å². The molecule has 7 heteroatoms. The summed E-state index contributed by atoms with van der Waals surface area (Å²) >= 11 is 1.51. The Morgan fingerprint density at radius 3 is 2.67 bits per heavy atom. The second kappa shape index (κ2) is 8.61. The number of hydrogen-bond acceptors (Lipinski definition) is 5. The number of amides is 1. The lowest BCUT2D eigenvalue weighted by Gasteiger charge is -2.20. The Labute approximate surface area is 182 Å². The van der Waals surface area contributed by atoms with Crippen molar-refractivity contribution in [1.82, 2.24) is 20.1 Å². The molecule has 1 saturated heterocycles. The smallest absolute Gasteiger partial charge is 0.230 e. The number of fused-ring (bicyclic) bond motifs is 1. The zero-order valence-corrected chi connectivity index (χ0v) is 18.6. The van der Waals surface area contributed by atoms with Crippen LogP contribution in [-0.4, -0.2) is 39.5 Å². The number of anilines is 1. The number of aromatic nitrogens is 3. The van der Waals surface area contributed by atoms with Crippen molar-refractivity contribution >= 4 is 23.6 Å². The van der Waals surface area contributed by atoms with Gasteiger partial charge < -0.3 is 10.2 Å². The lowest BCUT2D eigenvalue weighted by atomic mass is 9.89. The van der Waals surface area contributed by atoms with Gasteiger partial charge in [-0.05, 0) is 75.0 Å². The first-order valence-corrected chi connectivity index (χ1v) is 12.4. The largest absolute Gasteiger partial charge is 0.349 e. The second-order valence-corrected chi connectivity index (χ2v) is 9.83. The van der Waals surface area contributed by atoms with E-state index in [0.29, 0.717) is 11.8 Å². The highest BCUT2D eigenvalue weighted by Gasteiger charge is 2.32. The first-order valence-electron chi connectivity index (χ1n) is 11.4. The summed E-state index contributed by atoms with van der Waals surface area (Å²) in [5.41, 5.74) is 4.14. The normalized spacial score (nSPS) is 19.6. The lowest BCUT2D eigenvalue weighted by molar-refractivity contribution is -0.119. The quantitative estimate of drug-likeness (QED) is 0.678. The lowest BCUT2D eigenvalue weighted by Crippen LogP contribution is -2.28. The van der Waals surface area contributed by atoms with Gasteiger partial charge in [-0.1, -0.05) is 30.0 Å². The molecule has 160 valence electrons. The Balaban J connectivity index is 1.20. The van der Waals surface area contributed by atoms with E-state index < -0.39 is 0 Å². The average molecular weight is 426 g/mol. The Hall–Kier alpha value is -2.02. The standard InChI is InChI=1S/C23H31N5OS/c1-16(18-9-8-17-6-2-3-7-19(17)14-18)24-21(29)15-30-23-26-25-22(27-12-4-5-13-27)28(23)20-10-11-20/h8-9,14,16,20H,2-7,10-13,15H2,1H3,(H,24,29). The molecule has 1 saturated carbocycles. The van der Waals surface area contributed by atoms with Crippen molar-refractivity contribution in [2.75, 3.05) is 23.7 Å². The van der Waals surface area contributed by atoms with Crippen molar-refractivity contribution in [2.45, 2.75) is 75.5 Å². The topological polar surface area (TPSA) is 63.1 Å². The first-order chi connectivity index (χ1) is 14.7. The molecule has 0 radical (unpaired) electrons. The van der Waals surface area contributed by atoms with E-state index >= 15 is 0 Å². The Kier molecular flexibility index (Phi) is 5.72. The molecule has 1 aliphatic heterocycles. The highest BCUT2D eigenvalue weighted by atomic mass is 32.2. The molecule has 2 aliphatic carbocycles. The van der Waals surface area contributed by atoms with Crippen molar-refractivity contribution in [1.29, 1.82) is 0 Å². The van der Waals surface area contributed by atoms with E-state index in [0.717, 1.165) is 30.6 Å². The maximum Gasteiger partial charge on any atom is 0.230 e. The van der Waals surface area contributed by atoms with E-state index in [1.165, 1.54) is 73.4 Å². The van der Waals surface area contributed by atoms with Crippen LogP contribution in [0.4, 0.5) is 5.95 Å². The minimum absolute atomic E-state index is 0.0202. The molecule has 2 heterocycles. The van der Waals surface area contributed by atoms with Crippen molar-refractivity contribution in [3.63, 3.8) is 0 Å². The third-order valence-corrected chi connectivity index (χ3v) is 7.47. The summed E-state index contributed by atoms with van der Waals surface area (Å²) in [6.45, 7) is 4.20. The van der Waals surface area contributed by atoms with Crippen LogP contribution in [0.2, 0.25) is 0 Å². The van der Waals surface area contributed by atoms with Crippen LogP contribution >= 0.6 is 11.8 Å². The van der Waals surface area contributed by atoms with Gasteiger partial charge in [0, 0.05) is 19.1 Å². The highest BCUT2D eigenvalue weighted by molar-refractivity contribution is 7.99. The molecule has 1 aromatic carbocycles. The van der Waals surface area contributed by atoms with Gasteiger partial charge in [-0.3, -0.25) is 9.36 Å². The summed E-state index contributed by atoms with van der Waals surface area (Å²) in [6, 6.07) is 7.24. The molecule has 6 nitrogen and oxygen atoms in total. The molecule has 30 heavy (non-hydrogen) atoms. The van der Waals surface area contributed by atoms with Gasteiger partial charge >= 0.3 is 0 Å². The molecule has 5 rings (SSSR count). The fourth-order valence-electron chi connectivity index (χ4n) is 4.67. The third-order valence-electron chi connectivity index (χ3n) is 6.53. The summed E-state index contributed by atoms with van der Waals surface area (Å²) < 4.78 is 2.27. The van der Waals surface area contributed by atoms with Gasteiger partial charge in [0.05, 0.1) is 11.8 Å². The summed E-state index contributed by atoms with van der Waals surface area (Å²) in [6.07, 6.45) is 9.74. The monoisotopic (exact) mass is 425 g/mol. The number of carbonyl (C=O) groups is 1. The maximum atomic E-state index is 12.6. The van der Waals surface area contributed by atoms with Crippen molar-refractivity contribution in [3.8, 4) is 0 Å². The Morgan fingerprint density at radius 2 is 1.90 bits per heavy atom. The molecule has 0 bridgehead atoms. The number of benzene rings is 1. The predicted octanol–water partition coefficient (Wildman–Crippen LogP) is 4.06. The SMILES string of the molecule is CC(NC(=O)CSc1nnc(N2CCCC2)n1C1CC1)c1ccc2c(c1)CCCC2. The van der Waals surface area contributed by atoms with E-state index in [-0.39, 0.29) is 11.9 Å². The molecule has 1 amide bonds. The minimum Gasteiger partial charge on any atom is -0.349 e. The second-order valence-electron chi connectivity index (χ2n) is 8.89. The number of nitrogens with one attached hydrogen (secondary N) is 1. The molecule has 2 fully saturated rings. The zero-order valence-electron chi connectivity index (χ0n) is 17.8. The summed E-state index contributed by atoms with van der Waals surface area (Å²) in [5.74, 6) is 1.43. The van der Waals surface area contributed by atoms with Gasteiger partial charge in [0.25, 0.3) is 0 Å². The number of carbonyl (C=O) groups excluding carboxylic acids is 1. The fourth-order valence-corrected chi connectivity index (χ4v) is 5.48. The summed E-state index contributed by atoms with van der Waals surface area (Å²) in [5, 5.41) is 13.0. The summed E-state index contributed by atoms with van der Waals surface area (Å²) in [4.78, 5) is 15.0.